The molecule has 0 spiro atoms. The van der Waals surface area contributed by atoms with E-state index in [1.54, 1.807) is 0 Å². The van der Waals surface area contributed by atoms with Gasteiger partial charge in [-0.05, 0) is 42.5 Å². The van der Waals surface area contributed by atoms with Crippen LogP contribution in [0.2, 0.25) is 0 Å². The first kappa shape index (κ1) is 20.2. The third-order valence-electron chi connectivity index (χ3n) is 5.11. The number of hydrogen-bond donors (Lipinski definition) is 1. The van der Waals surface area contributed by atoms with E-state index in [2.05, 4.69) is 24.1 Å². The maximum absolute atomic E-state index is 12.7. The molecule has 0 radical (unpaired) electrons. The third kappa shape index (κ3) is 4.64. The second kappa shape index (κ2) is 8.20. The lowest BCUT2D eigenvalue weighted by atomic mass is 9.95. The molecule has 1 aromatic heterocycles. The molecule has 7 heteroatoms. The molecule has 1 aliphatic heterocycles. The Kier molecular flexibility index (Phi) is 5.91. The number of amides is 1. The van der Waals surface area contributed by atoms with Crippen molar-refractivity contribution in [2.75, 3.05) is 23.3 Å². The van der Waals surface area contributed by atoms with Gasteiger partial charge in [0.15, 0.2) is 0 Å². The van der Waals surface area contributed by atoms with Gasteiger partial charge < -0.3 is 10.2 Å². The minimum absolute atomic E-state index is 0.00636. The molecule has 0 saturated carbocycles. The second-order valence-electron chi connectivity index (χ2n) is 7.40. The van der Waals surface area contributed by atoms with Gasteiger partial charge in [0.1, 0.15) is 5.82 Å². The highest BCUT2D eigenvalue weighted by molar-refractivity contribution is 5.93. The number of nitrogens with zero attached hydrogens (tertiary/aromatic N) is 2. The molecule has 2 aromatic rings. The molecule has 150 valence electrons. The van der Waals surface area contributed by atoms with Gasteiger partial charge in [-0.15, -0.1) is 0 Å². The molecule has 1 N–H and O–H groups in total. The van der Waals surface area contributed by atoms with E-state index in [9.17, 15) is 18.0 Å². The van der Waals surface area contributed by atoms with Gasteiger partial charge in [0, 0.05) is 30.9 Å². The average molecular weight is 391 g/mol. The summed E-state index contributed by atoms with van der Waals surface area (Å²) in [6.45, 7) is 5.34. The monoisotopic (exact) mass is 391 g/mol. The quantitative estimate of drug-likeness (QED) is 0.791. The molecular weight excluding hydrogens is 367 g/mol. The largest absolute Gasteiger partial charge is 0.417 e. The van der Waals surface area contributed by atoms with Crippen LogP contribution in [0.25, 0.3) is 0 Å². The first-order chi connectivity index (χ1) is 13.3. The number of aromatic nitrogens is 1. The highest BCUT2D eigenvalue weighted by Gasteiger charge is 2.31. The average Bonchev–Trinajstić information content (AvgIpc) is 2.68. The Morgan fingerprint density at radius 3 is 2.39 bits per heavy atom. The summed E-state index contributed by atoms with van der Waals surface area (Å²) in [5, 5.41) is 3.04. The highest BCUT2D eigenvalue weighted by Crippen LogP contribution is 2.30. The van der Waals surface area contributed by atoms with Crippen LogP contribution in [-0.4, -0.2) is 24.0 Å². The van der Waals surface area contributed by atoms with E-state index in [0.29, 0.717) is 37.7 Å². The minimum atomic E-state index is -4.39. The molecule has 28 heavy (non-hydrogen) atoms. The van der Waals surface area contributed by atoms with Gasteiger partial charge in [-0.2, -0.15) is 13.2 Å². The molecule has 0 aliphatic carbocycles. The minimum Gasteiger partial charge on any atom is -0.357 e. The van der Waals surface area contributed by atoms with E-state index in [1.165, 1.54) is 6.07 Å². The Labute approximate surface area is 162 Å². The van der Waals surface area contributed by atoms with Crippen LogP contribution in [-0.2, 0) is 11.0 Å². The summed E-state index contributed by atoms with van der Waals surface area (Å²) in [4.78, 5) is 18.5. The number of carbonyl (C=O) groups excluding carboxylic acids is 1. The van der Waals surface area contributed by atoms with Gasteiger partial charge in [0.2, 0.25) is 5.91 Å². The van der Waals surface area contributed by atoms with Crippen molar-refractivity contribution in [3.05, 3.63) is 53.7 Å². The van der Waals surface area contributed by atoms with Crippen molar-refractivity contribution in [1.29, 1.82) is 0 Å². The Morgan fingerprint density at radius 2 is 1.82 bits per heavy atom. The van der Waals surface area contributed by atoms with Crippen LogP contribution in [0.5, 0.6) is 0 Å². The predicted molar refractivity (Wildman–Crippen MR) is 103 cm³/mol. The summed E-state index contributed by atoms with van der Waals surface area (Å²) in [5.41, 5.74) is 1.19. The fraction of sp³-hybridized carbons (Fsp3) is 0.429. The Morgan fingerprint density at radius 1 is 1.14 bits per heavy atom. The number of hydrogen-bond acceptors (Lipinski definition) is 3. The fourth-order valence-corrected chi connectivity index (χ4v) is 3.46. The Hall–Kier alpha value is -2.57. The number of alkyl halides is 3. The number of halogens is 3. The number of piperidine rings is 1. The molecule has 0 bridgehead atoms. The van der Waals surface area contributed by atoms with Gasteiger partial charge in [0.25, 0.3) is 0 Å². The zero-order chi connectivity index (χ0) is 20.3. The van der Waals surface area contributed by atoms with Crippen molar-refractivity contribution >= 4 is 17.4 Å². The number of para-hydroxylation sites is 1. The van der Waals surface area contributed by atoms with E-state index in [0.717, 1.165) is 23.5 Å². The standard InChI is InChI=1S/C21H24F3N3O/c1-14(2)17-5-3-4-6-18(17)26-20(28)15-9-11-27(12-10-15)19-8-7-16(13-25-19)21(22,23)24/h3-8,13-15H,9-12H2,1-2H3,(H,26,28). The first-order valence-corrected chi connectivity index (χ1v) is 9.43. The zero-order valence-electron chi connectivity index (χ0n) is 16.0. The van der Waals surface area contributed by atoms with Crippen molar-refractivity contribution in [2.24, 2.45) is 5.92 Å². The molecule has 1 fully saturated rings. The second-order valence-corrected chi connectivity index (χ2v) is 7.40. The normalized spacial score (nSPS) is 15.7. The van der Waals surface area contributed by atoms with E-state index in [4.69, 9.17) is 0 Å². The molecule has 4 nitrogen and oxygen atoms in total. The highest BCUT2D eigenvalue weighted by atomic mass is 19.4. The van der Waals surface area contributed by atoms with Crippen LogP contribution in [0.3, 0.4) is 0 Å². The van der Waals surface area contributed by atoms with Crippen LogP contribution in [0.1, 0.15) is 43.7 Å². The van der Waals surface area contributed by atoms with E-state index in [1.807, 2.05) is 29.2 Å². The SMILES string of the molecule is CC(C)c1ccccc1NC(=O)C1CCN(c2ccc(C(F)(F)F)cn2)CC1. The number of nitrogens with one attached hydrogen (secondary N) is 1. The topological polar surface area (TPSA) is 45.2 Å². The third-order valence-corrected chi connectivity index (χ3v) is 5.11. The lowest BCUT2D eigenvalue weighted by molar-refractivity contribution is -0.137. The Balaban J connectivity index is 1.59. The summed E-state index contributed by atoms with van der Waals surface area (Å²) in [6.07, 6.45) is -2.25. The molecule has 2 heterocycles. The maximum atomic E-state index is 12.7. The maximum Gasteiger partial charge on any atom is 0.417 e. The van der Waals surface area contributed by atoms with E-state index in [-0.39, 0.29) is 11.8 Å². The van der Waals surface area contributed by atoms with Gasteiger partial charge in [-0.3, -0.25) is 4.79 Å². The number of anilines is 2. The molecule has 1 amide bonds. The van der Waals surface area contributed by atoms with Gasteiger partial charge in [-0.25, -0.2) is 4.98 Å². The summed E-state index contributed by atoms with van der Waals surface area (Å²) in [5.74, 6) is 0.695. The molecule has 1 aliphatic rings. The van der Waals surface area contributed by atoms with Crippen molar-refractivity contribution in [2.45, 2.75) is 38.8 Å². The van der Waals surface area contributed by atoms with Crippen LogP contribution in [0, 0.1) is 5.92 Å². The van der Waals surface area contributed by atoms with Gasteiger partial charge >= 0.3 is 6.18 Å². The Bertz CT molecular complexity index is 810. The van der Waals surface area contributed by atoms with E-state index >= 15 is 0 Å². The van der Waals surface area contributed by atoms with Gasteiger partial charge in [-0.1, -0.05) is 32.0 Å². The molecule has 1 saturated heterocycles. The lowest BCUT2D eigenvalue weighted by Gasteiger charge is -2.32. The van der Waals surface area contributed by atoms with Crippen LogP contribution in [0.15, 0.2) is 42.6 Å². The fourth-order valence-electron chi connectivity index (χ4n) is 3.46. The summed E-state index contributed by atoms with van der Waals surface area (Å²) in [7, 11) is 0. The molecule has 0 unspecified atom stereocenters. The number of pyridine rings is 1. The summed E-state index contributed by atoms with van der Waals surface area (Å²) in [6, 6.07) is 10.2. The summed E-state index contributed by atoms with van der Waals surface area (Å²) >= 11 is 0. The van der Waals surface area contributed by atoms with Crippen LogP contribution in [0.4, 0.5) is 24.7 Å². The molecule has 3 rings (SSSR count). The number of benzene rings is 1. The van der Waals surface area contributed by atoms with Crippen molar-refractivity contribution < 1.29 is 18.0 Å². The van der Waals surface area contributed by atoms with Crippen LogP contribution < -0.4 is 10.2 Å². The van der Waals surface area contributed by atoms with Crippen molar-refractivity contribution in [3.8, 4) is 0 Å². The van der Waals surface area contributed by atoms with E-state index < -0.39 is 11.7 Å². The van der Waals surface area contributed by atoms with Crippen molar-refractivity contribution in [1.82, 2.24) is 4.98 Å². The predicted octanol–water partition coefficient (Wildman–Crippen LogP) is 5.08. The first-order valence-electron chi connectivity index (χ1n) is 9.43. The zero-order valence-corrected chi connectivity index (χ0v) is 16.0. The van der Waals surface area contributed by atoms with Crippen molar-refractivity contribution in [3.63, 3.8) is 0 Å². The number of rotatable bonds is 4. The number of carbonyl (C=O) groups is 1. The smallest absolute Gasteiger partial charge is 0.357 e. The van der Waals surface area contributed by atoms with Gasteiger partial charge in [0.05, 0.1) is 5.56 Å². The molecular formula is C21H24F3N3O. The lowest BCUT2D eigenvalue weighted by Crippen LogP contribution is -2.38. The molecule has 1 aromatic carbocycles. The van der Waals surface area contributed by atoms with Crippen LogP contribution >= 0.6 is 0 Å². The summed E-state index contributed by atoms with van der Waals surface area (Å²) < 4.78 is 38.0. The molecule has 0 atom stereocenters.